The number of carbonyl (C=O) groups excluding carboxylic acids is 1. The first-order valence-electron chi connectivity index (χ1n) is 7.58. The van der Waals surface area contributed by atoms with Crippen LogP contribution in [0.2, 0.25) is 0 Å². The predicted octanol–water partition coefficient (Wildman–Crippen LogP) is 0.311. The lowest BCUT2D eigenvalue weighted by Crippen LogP contribution is -2.48. The molecule has 0 radical (unpaired) electrons. The van der Waals surface area contributed by atoms with Crippen LogP contribution < -0.4 is 10.6 Å². The number of carbonyl (C=O) groups is 1. The highest BCUT2D eigenvalue weighted by atomic mass is 16.2. The van der Waals surface area contributed by atoms with Gasteiger partial charge in [-0.05, 0) is 19.7 Å². The van der Waals surface area contributed by atoms with Crippen LogP contribution in [-0.4, -0.2) is 69.1 Å². The first-order chi connectivity index (χ1) is 10.2. The van der Waals surface area contributed by atoms with Gasteiger partial charge in [-0.15, -0.1) is 0 Å². The standard InChI is InChI=1S/C16H26N4O/c1-19(2)15(14-6-4-3-5-7-14)12-18-16(21)13-20-10-8-17-9-11-20/h3-7,15,17H,8-13H2,1-2H3,(H,18,21). The summed E-state index contributed by atoms with van der Waals surface area (Å²) < 4.78 is 0. The van der Waals surface area contributed by atoms with E-state index < -0.39 is 0 Å². The molecule has 0 saturated carbocycles. The van der Waals surface area contributed by atoms with Crippen LogP contribution in [0.1, 0.15) is 11.6 Å². The molecule has 0 spiro atoms. The summed E-state index contributed by atoms with van der Waals surface area (Å²) in [5.41, 5.74) is 1.23. The molecular weight excluding hydrogens is 264 g/mol. The maximum Gasteiger partial charge on any atom is 0.234 e. The molecule has 1 atom stereocenters. The minimum Gasteiger partial charge on any atom is -0.353 e. The van der Waals surface area contributed by atoms with Crippen molar-refractivity contribution in [3.8, 4) is 0 Å². The number of likely N-dealkylation sites (N-methyl/N-ethyl adjacent to an activating group) is 1. The monoisotopic (exact) mass is 290 g/mol. The Labute approximate surface area is 127 Å². The van der Waals surface area contributed by atoms with Gasteiger partial charge in [0.15, 0.2) is 0 Å². The van der Waals surface area contributed by atoms with Crippen LogP contribution in [0.25, 0.3) is 0 Å². The molecule has 1 amide bonds. The molecule has 1 saturated heterocycles. The van der Waals surface area contributed by atoms with Crippen LogP contribution in [0.5, 0.6) is 0 Å². The quantitative estimate of drug-likeness (QED) is 0.792. The molecule has 1 aliphatic rings. The van der Waals surface area contributed by atoms with Crippen molar-refractivity contribution in [1.82, 2.24) is 20.4 Å². The fraction of sp³-hybridized carbons (Fsp3) is 0.562. The Kier molecular flexibility index (Phi) is 6.17. The zero-order chi connectivity index (χ0) is 15.1. The Morgan fingerprint density at radius 2 is 1.95 bits per heavy atom. The second-order valence-corrected chi connectivity index (χ2v) is 5.72. The number of rotatable bonds is 6. The highest BCUT2D eigenvalue weighted by molar-refractivity contribution is 5.78. The summed E-state index contributed by atoms with van der Waals surface area (Å²) in [5.74, 6) is 0.111. The summed E-state index contributed by atoms with van der Waals surface area (Å²) in [6.45, 7) is 4.97. The average Bonchev–Trinajstić information content (AvgIpc) is 2.49. The minimum absolute atomic E-state index is 0.111. The van der Waals surface area contributed by atoms with Crippen molar-refractivity contribution < 1.29 is 4.79 Å². The fourth-order valence-corrected chi connectivity index (χ4v) is 2.61. The van der Waals surface area contributed by atoms with Crippen molar-refractivity contribution in [2.24, 2.45) is 0 Å². The lowest BCUT2D eigenvalue weighted by atomic mass is 10.1. The SMILES string of the molecule is CN(C)C(CNC(=O)CN1CCNCC1)c1ccccc1. The van der Waals surface area contributed by atoms with E-state index in [4.69, 9.17) is 0 Å². The van der Waals surface area contributed by atoms with Crippen LogP contribution in [0.3, 0.4) is 0 Å². The predicted molar refractivity (Wildman–Crippen MR) is 85.2 cm³/mol. The maximum atomic E-state index is 12.1. The fourth-order valence-electron chi connectivity index (χ4n) is 2.61. The van der Waals surface area contributed by atoms with Crippen molar-refractivity contribution in [2.45, 2.75) is 6.04 Å². The summed E-state index contributed by atoms with van der Waals surface area (Å²) in [7, 11) is 4.08. The second-order valence-electron chi connectivity index (χ2n) is 5.72. The third-order valence-electron chi connectivity index (χ3n) is 3.88. The van der Waals surface area contributed by atoms with Gasteiger partial charge in [-0.25, -0.2) is 0 Å². The summed E-state index contributed by atoms with van der Waals surface area (Å²) in [5, 5.41) is 6.36. The van der Waals surface area contributed by atoms with Gasteiger partial charge in [-0.2, -0.15) is 0 Å². The van der Waals surface area contributed by atoms with Gasteiger partial charge in [0.25, 0.3) is 0 Å². The van der Waals surface area contributed by atoms with Gasteiger partial charge < -0.3 is 15.5 Å². The Hall–Kier alpha value is -1.43. The summed E-state index contributed by atoms with van der Waals surface area (Å²) >= 11 is 0. The number of nitrogens with one attached hydrogen (secondary N) is 2. The Morgan fingerprint density at radius 1 is 1.29 bits per heavy atom. The molecular formula is C16H26N4O. The largest absolute Gasteiger partial charge is 0.353 e. The van der Waals surface area contributed by atoms with E-state index in [2.05, 4.69) is 32.6 Å². The minimum atomic E-state index is 0.111. The first-order valence-corrected chi connectivity index (χ1v) is 7.58. The highest BCUT2D eigenvalue weighted by Crippen LogP contribution is 2.16. The number of hydrogen-bond donors (Lipinski definition) is 2. The summed E-state index contributed by atoms with van der Waals surface area (Å²) in [6.07, 6.45) is 0. The number of benzene rings is 1. The van der Waals surface area contributed by atoms with E-state index in [0.29, 0.717) is 13.1 Å². The highest BCUT2D eigenvalue weighted by Gasteiger charge is 2.17. The molecule has 1 aromatic carbocycles. The molecule has 1 fully saturated rings. The molecule has 5 heteroatoms. The summed E-state index contributed by atoms with van der Waals surface area (Å²) in [4.78, 5) is 16.4. The van der Waals surface area contributed by atoms with Gasteiger partial charge in [-0.1, -0.05) is 30.3 Å². The van der Waals surface area contributed by atoms with Crippen LogP contribution in [0, 0.1) is 0 Å². The Morgan fingerprint density at radius 3 is 2.57 bits per heavy atom. The molecule has 0 bridgehead atoms. The smallest absolute Gasteiger partial charge is 0.234 e. The van der Waals surface area contributed by atoms with Crippen molar-refractivity contribution in [3.63, 3.8) is 0 Å². The lowest BCUT2D eigenvalue weighted by Gasteiger charge is -2.28. The molecule has 5 nitrogen and oxygen atoms in total. The van der Waals surface area contributed by atoms with Gasteiger partial charge in [-0.3, -0.25) is 9.69 Å². The van der Waals surface area contributed by atoms with Gasteiger partial charge in [0, 0.05) is 32.7 Å². The van der Waals surface area contributed by atoms with Crippen LogP contribution in [-0.2, 0) is 4.79 Å². The Balaban J connectivity index is 1.82. The van der Waals surface area contributed by atoms with E-state index >= 15 is 0 Å². The topological polar surface area (TPSA) is 47.6 Å². The van der Waals surface area contributed by atoms with E-state index in [1.807, 2.05) is 32.3 Å². The van der Waals surface area contributed by atoms with Crippen molar-refractivity contribution in [1.29, 1.82) is 0 Å². The molecule has 1 aromatic rings. The van der Waals surface area contributed by atoms with Gasteiger partial charge in [0.05, 0.1) is 12.6 Å². The third-order valence-corrected chi connectivity index (χ3v) is 3.88. The van der Waals surface area contributed by atoms with Crippen molar-refractivity contribution in [3.05, 3.63) is 35.9 Å². The maximum absolute atomic E-state index is 12.1. The molecule has 1 heterocycles. The van der Waals surface area contributed by atoms with E-state index in [9.17, 15) is 4.79 Å². The van der Waals surface area contributed by atoms with Gasteiger partial charge >= 0.3 is 0 Å². The number of nitrogens with zero attached hydrogens (tertiary/aromatic N) is 2. The zero-order valence-electron chi connectivity index (χ0n) is 13.0. The molecule has 1 unspecified atom stereocenters. The molecule has 2 rings (SSSR count). The number of hydrogen-bond acceptors (Lipinski definition) is 4. The normalized spacial score (nSPS) is 17.7. The number of amides is 1. The van der Waals surface area contributed by atoms with Crippen molar-refractivity contribution >= 4 is 5.91 Å². The van der Waals surface area contributed by atoms with Crippen LogP contribution in [0.4, 0.5) is 0 Å². The Bertz CT molecular complexity index is 429. The van der Waals surface area contributed by atoms with E-state index in [1.54, 1.807) is 0 Å². The van der Waals surface area contributed by atoms with Gasteiger partial charge in [0.1, 0.15) is 0 Å². The molecule has 21 heavy (non-hydrogen) atoms. The van der Waals surface area contributed by atoms with E-state index in [1.165, 1.54) is 5.56 Å². The summed E-state index contributed by atoms with van der Waals surface area (Å²) in [6, 6.07) is 10.5. The third kappa shape index (κ3) is 5.12. The molecule has 2 N–H and O–H groups in total. The number of piperazine rings is 1. The first kappa shape index (κ1) is 15.9. The van der Waals surface area contributed by atoms with Crippen LogP contribution >= 0.6 is 0 Å². The second kappa shape index (κ2) is 8.12. The van der Waals surface area contributed by atoms with Gasteiger partial charge in [0.2, 0.25) is 5.91 Å². The molecule has 0 aliphatic carbocycles. The molecule has 0 aromatic heterocycles. The van der Waals surface area contributed by atoms with Crippen molar-refractivity contribution in [2.75, 3.05) is 53.4 Å². The molecule has 116 valence electrons. The van der Waals surface area contributed by atoms with Crippen LogP contribution in [0.15, 0.2) is 30.3 Å². The van der Waals surface area contributed by atoms with E-state index in [-0.39, 0.29) is 11.9 Å². The zero-order valence-corrected chi connectivity index (χ0v) is 13.0. The lowest BCUT2D eigenvalue weighted by molar-refractivity contribution is -0.122. The average molecular weight is 290 g/mol. The molecule has 1 aliphatic heterocycles. The van der Waals surface area contributed by atoms with E-state index in [0.717, 1.165) is 26.2 Å².